The van der Waals surface area contributed by atoms with Crippen molar-refractivity contribution in [3.05, 3.63) is 35.4 Å². The van der Waals surface area contributed by atoms with Crippen molar-refractivity contribution in [2.75, 3.05) is 13.7 Å². The largest absolute Gasteiger partial charge is 0.375 e. The number of amides is 1. The van der Waals surface area contributed by atoms with Crippen molar-refractivity contribution in [3.63, 3.8) is 0 Å². The zero-order valence-corrected chi connectivity index (χ0v) is 11.9. The molecule has 0 heterocycles. The van der Waals surface area contributed by atoms with Gasteiger partial charge in [0.25, 0.3) is 0 Å². The summed E-state index contributed by atoms with van der Waals surface area (Å²) in [6, 6.07) is 8.38. The van der Waals surface area contributed by atoms with E-state index in [4.69, 9.17) is 4.74 Å². The molecule has 0 aliphatic rings. The number of carbonyl (C=O) groups excluding carboxylic acids is 1. The molecule has 1 aromatic rings. The van der Waals surface area contributed by atoms with E-state index in [1.54, 1.807) is 0 Å². The molecule has 1 N–H and O–H groups in total. The van der Waals surface area contributed by atoms with Gasteiger partial charge in [-0.15, -0.1) is 0 Å². The van der Waals surface area contributed by atoms with Gasteiger partial charge in [-0.2, -0.15) is 0 Å². The summed E-state index contributed by atoms with van der Waals surface area (Å²) >= 11 is 0. The predicted molar refractivity (Wildman–Crippen MR) is 73.6 cm³/mol. The van der Waals surface area contributed by atoms with Gasteiger partial charge in [-0.3, -0.25) is 4.79 Å². The van der Waals surface area contributed by atoms with Gasteiger partial charge in [0.1, 0.15) is 6.61 Å². The summed E-state index contributed by atoms with van der Waals surface area (Å²) in [5.74, 6) is -0.0927. The Kier molecular flexibility index (Phi) is 4.91. The van der Waals surface area contributed by atoms with E-state index in [1.807, 2.05) is 6.92 Å². The second kappa shape index (κ2) is 6.01. The quantitative estimate of drug-likeness (QED) is 0.891. The maximum absolute atomic E-state index is 11.4. The summed E-state index contributed by atoms with van der Waals surface area (Å²) in [5.41, 5.74) is 2.55. The van der Waals surface area contributed by atoms with Crippen LogP contribution in [0.25, 0.3) is 0 Å². The van der Waals surface area contributed by atoms with Crippen LogP contribution in [-0.2, 0) is 14.9 Å². The van der Waals surface area contributed by atoms with Gasteiger partial charge in [-0.1, -0.05) is 45.0 Å². The maximum atomic E-state index is 11.4. The van der Waals surface area contributed by atoms with Crippen LogP contribution in [0.4, 0.5) is 0 Å². The van der Waals surface area contributed by atoms with Crippen molar-refractivity contribution in [2.45, 2.75) is 39.2 Å². The van der Waals surface area contributed by atoms with E-state index in [9.17, 15) is 4.79 Å². The Morgan fingerprint density at radius 2 is 1.83 bits per heavy atom. The van der Waals surface area contributed by atoms with Crippen molar-refractivity contribution in [1.29, 1.82) is 0 Å². The van der Waals surface area contributed by atoms with E-state index >= 15 is 0 Å². The lowest BCUT2D eigenvalue weighted by Gasteiger charge is -2.20. The first-order chi connectivity index (χ1) is 8.34. The number of carbonyl (C=O) groups is 1. The number of hydrogen-bond acceptors (Lipinski definition) is 2. The lowest BCUT2D eigenvalue weighted by Crippen LogP contribution is -2.29. The first-order valence-electron chi connectivity index (χ1n) is 6.23. The Morgan fingerprint density at radius 3 is 2.28 bits per heavy atom. The van der Waals surface area contributed by atoms with E-state index in [0.717, 1.165) is 5.56 Å². The Hall–Kier alpha value is -1.35. The zero-order chi connectivity index (χ0) is 13.8. The van der Waals surface area contributed by atoms with Crippen LogP contribution in [0, 0.1) is 0 Å². The van der Waals surface area contributed by atoms with Crippen molar-refractivity contribution in [1.82, 2.24) is 5.32 Å². The molecule has 0 bridgehead atoms. The van der Waals surface area contributed by atoms with Crippen LogP contribution < -0.4 is 5.32 Å². The fourth-order valence-corrected chi connectivity index (χ4v) is 1.77. The molecule has 0 saturated heterocycles. The standard InChI is InChI=1S/C15H23NO2/c1-11(16-14(17)10-18-5)12-6-8-13(9-7-12)15(2,3)4/h6-9,11H,10H2,1-5H3,(H,16,17). The minimum absolute atomic E-state index is 0.00154. The summed E-state index contributed by atoms with van der Waals surface area (Å²) < 4.78 is 4.79. The second-order valence-corrected chi connectivity index (χ2v) is 5.59. The topological polar surface area (TPSA) is 38.3 Å². The third-order valence-electron chi connectivity index (χ3n) is 2.93. The number of rotatable bonds is 4. The van der Waals surface area contributed by atoms with Gasteiger partial charge >= 0.3 is 0 Å². The van der Waals surface area contributed by atoms with Gasteiger partial charge in [0, 0.05) is 7.11 Å². The van der Waals surface area contributed by atoms with Gasteiger partial charge in [0.2, 0.25) is 5.91 Å². The van der Waals surface area contributed by atoms with Crippen molar-refractivity contribution < 1.29 is 9.53 Å². The van der Waals surface area contributed by atoms with E-state index in [-0.39, 0.29) is 24.0 Å². The van der Waals surface area contributed by atoms with Gasteiger partial charge in [0.05, 0.1) is 6.04 Å². The molecule has 0 radical (unpaired) electrons. The molecule has 1 aromatic carbocycles. The highest BCUT2D eigenvalue weighted by molar-refractivity contribution is 5.77. The fraction of sp³-hybridized carbons (Fsp3) is 0.533. The molecule has 100 valence electrons. The smallest absolute Gasteiger partial charge is 0.246 e. The van der Waals surface area contributed by atoms with E-state index < -0.39 is 0 Å². The molecule has 0 fully saturated rings. The van der Waals surface area contributed by atoms with Crippen LogP contribution in [0.5, 0.6) is 0 Å². The first kappa shape index (κ1) is 14.7. The zero-order valence-electron chi connectivity index (χ0n) is 11.9. The molecule has 1 amide bonds. The van der Waals surface area contributed by atoms with Gasteiger partial charge in [0.15, 0.2) is 0 Å². The third-order valence-corrected chi connectivity index (χ3v) is 2.93. The summed E-state index contributed by atoms with van der Waals surface area (Å²) in [6.45, 7) is 8.63. The van der Waals surface area contributed by atoms with Crippen molar-refractivity contribution in [2.24, 2.45) is 0 Å². The molecular weight excluding hydrogens is 226 g/mol. The molecule has 3 nitrogen and oxygen atoms in total. The molecular formula is C15H23NO2. The van der Waals surface area contributed by atoms with Crippen LogP contribution in [-0.4, -0.2) is 19.6 Å². The molecule has 0 aromatic heterocycles. The van der Waals surface area contributed by atoms with Crippen LogP contribution in [0.3, 0.4) is 0 Å². The Labute approximate surface area is 110 Å². The average Bonchev–Trinajstić information content (AvgIpc) is 2.28. The van der Waals surface area contributed by atoms with Gasteiger partial charge in [-0.05, 0) is 23.5 Å². The maximum Gasteiger partial charge on any atom is 0.246 e. The molecule has 0 spiro atoms. The highest BCUT2D eigenvalue weighted by atomic mass is 16.5. The molecule has 0 aliphatic heterocycles. The molecule has 0 aliphatic carbocycles. The number of hydrogen-bond donors (Lipinski definition) is 1. The number of benzene rings is 1. The first-order valence-corrected chi connectivity index (χ1v) is 6.23. The van der Waals surface area contributed by atoms with Crippen LogP contribution in [0.1, 0.15) is 44.9 Å². The number of ether oxygens (including phenoxy) is 1. The Bertz CT molecular complexity index is 390. The molecule has 1 atom stereocenters. The lowest BCUT2D eigenvalue weighted by molar-refractivity contribution is -0.125. The molecule has 0 saturated carbocycles. The second-order valence-electron chi connectivity index (χ2n) is 5.59. The van der Waals surface area contributed by atoms with Crippen LogP contribution in [0.2, 0.25) is 0 Å². The number of methoxy groups -OCH3 is 1. The average molecular weight is 249 g/mol. The van der Waals surface area contributed by atoms with E-state index in [2.05, 4.69) is 50.4 Å². The molecule has 3 heteroatoms. The van der Waals surface area contributed by atoms with E-state index in [0.29, 0.717) is 0 Å². The lowest BCUT2D eigenvalue weighted by atomic mass is 9.86. The third kappa shape index (κ3) is 4.15. The fourth-order valence-electron chi connectivity index (χ4n) is 1.77. The summed E-state index contributed by atoms with van der Waals surface area (Å²) in [7, 11) is 1.52. The van der Waals surface area contributed by atoms with Crippen LogP contribution in [0.15, 0.2) is 24.3 Å². The minimum atomic E-state index is -0.0927. The van der Waals surface area contributed by atoms with Crippen molar-refractivity contribution in [3.8, 4) is 0 Å². The normalized spacial score (nSPS) is 13.2. The summed E-state index contributed by atoms with van der Waals surface area (Å²) in [4.78, 5) is 11.4. The SMILES string of the molecule is COCC(=O)NC(C)c1ccc(C(C)(C)C)cc1. The highest BCUT2D eigenvalue weighted by Gasteiger charge is 2.14. The van der Waals surface area contributed by atoms with Crippen molar-refractivity contribution >= 4 is 5.91 Å². The Balaban J connectivity index is 2.70. The molecule has 1 rings (SSSR count). The highest BCUT2D eigenvalue weighted by Crippen LogP contribution is 2.23. The van der Waals surface area contributed by atoms with Gasteiger partial charge in [-0.25, -0.2) is 0 Å². The molecule has 18 heavy (non-hydrogen) atoms. The molecule has 1 unspecified atom stereocenters. The minimum Gasteiger partial charge on any atom is -0.375 e. The van der Waals surface area contributed by atoms with Gasteiger partial charge < -0.3 is 10.1 Å². The Morgan fingerprint density at radius 1 is 1.28 bits per heavy atom. The number of nitrogens with one attached hydrogen (secondary N) is 1. The summed E-state index contributed by atoms with van der Waals surface area (Å²) in [6.07, 6.45) is 0. The monoisotopic (exact) mass is 249 g/mol. The summed E-state index contributed by atoms with van der Waals surface area (Å²) in [5, 5.41) is 2.89. The van der Waals surface area contributed by atoms with E-state index in [1.165, 1.54) is 12.7 Å². The van der Waals surface area contributed by atoms with Crippen LogP contribution >= 0.6 is 0 Å². The predicted octanol–water partition coefficient (Wildman–Crippen LogP) is 2.81.